The van der Waals surface area contributed by atoms with Crippen LogP contribution in [0.25, 0.3) is 43.1 Å². The maximum atomic E-state index is 13.0. The minimum atomic E-state index is -0.232. The van der Waals surface area contributed by atoms with E-state index in [1.807, 2.05) is 132 Å². The van der Waals surface area contributed by atoms with Gasteiger partial charge in [-0.05, 0) is 94.7 Å². The van der Waals surface area contributed by atoms with Gasteiger partial charge >= 0.3 is 3.18 Å². The number of halogens is 3. The summed E-state index contributed by atoms with van der Waals surface area (Å²) in [6, 6.07) is 48.1. The van der Waals surface area contributed by atoms with Gasteiger partial charge in [-0.25, -0.2) is 0 Å². The van der Waals surface area contributed by atoms with Crippen molar-refractivity contribution in [1.29, 1.82) is 0 Å². The summed E-state index contributed by atoms with van der Waals surface area (Å²) >= 11 is 12.6. The van der Waals surface area contributed by atoms with E-state index in [4.69, 9.17) is 9.47 Å². The van der Waals surface area contributed by atoms with E-state index < -0.39 is 0 Å². The number of nitrogens with one attached hydrogen (secondary N) is 2. The van der Waals surface area contributed by atoms with E-state index >= 15 is 0 Å². The topological polar surface area (TPSA) is 180 Å². The summed E-state index contributed by atoms with van der Waals surface area (Å²) < 4.78 is 11.1. The van der Waals surface area contributed by atoms with Crippen molar-refractivity contribution in [3.63, 3.8) is 0 Å². The molecule has 0 spiro atoms. The molecule has 328 valence electrons. The lowest BCUT2D eigenvalue weighted by molar-refractivity contribution is 0.101. The van der Waals surface area contributed by atoms with Gasteiger partial charge in [0.2, 0.25) is 0 Å². The number of aromatic hydroxyl groups is 2. The van der Waals surface area contributed by atoms with Crippen molar-refractivity contribution >= 4 is 96.3 Å². The van der Waals surface area contributed by atoms with E-state index in [2.05, 4.69) is 57.9 Å². The molecule has 0 aliphatic heterocycles. The average Bonchev–Trinajstić information content (AvgIpc) is 4.03. The van der Waals surface area contributed by atoms with Crippen LogP contribution < -0.4 is 20.1 Å². The fourth-order valence-corrected chi connectivity index (χ4v) is 7.86. The van der Waals surface area contributed by atoms with E-state index in [0.717, 1.165) is 49.1 Å². The smallest absolute Gasteiger partial charge is 0.369 e. The Hall–Kier alpha value is -5.72. The quantitative estimate of drug-likeness (QED) is 0.0989. The summed E-state index contributed by atoms with van der Waals surface area (Å²) in [4.78, 5) is 28.1. The second kappa shape index (κ2) is 25.0. The zero-order chi connectivity index (χ0) is 44.0. The van der Waals surface area contributed by atoms with E-state index in [9.17, 15) is 19.8 Å². The van der Waals surface area contributed by atoms with E-state index in [0.29, 0.717) is 28.0 Å². The summed E-state index contributed by atoms with van der Waals surface area (Å²) in [6.45, 7) is 0. The van der Waals surface area contributed by atoms with Crippen LogP contribution >= 0.6 is 69.9 Å². The minimum Gasteiger partial charge on any atom is -0.508 e. The number of hydrogen-bond donors (Lipinski definition) is 4. The maximum absolute atomic E-state index is 13.0. The lowest BCUT2D eigenvalue weighted by atomic mass is 10.0. The van der Waals surface area contributed by atoms with Crippen LogP contribution in [-0.2, 0) is 0 Å². The first-order valence-corrected chi connectivity index (χ1v) is 23.3. The molecule has 0 saturated heterocycles. The van der Waals surface area contributed by atoms with Crippen molar-refractivity contribution in [2.75, 3.05) is 24.9 Å². The van der Waals surface area contributed by atoms with Crippen LogP contribution in [-0.4, -0.2) is 50.4 Å². The molecule has 8 N–H and O–H groups in total. The molecule has 0 radical (unpaired) electrons. The van der Waals surface area contributed by atoms with Crippen LogP contribution in [0.1, 0.15) is 20.7 Å². The summed E-state index contributed by atoms with van der Waals surface area (Å²) in [5, 5.41) is 29.6. The molecule has 6 aromatic carbocycles. The van der Waals surface area contributed by atoms with Crippen molar-refractivity contribution in [3.8, 4) is 66.1 Å². The molecule has 2 heterocycles. The number of carbonyl (C=O) groups excluding carboxylic acids is 2. The minimum absolute atomic E-state index is 0. The number of methoxy groups -OCH3 is 2. The molecule has 64 heavy (non-hydrogen) atoms. The Morgan fingerprint density at radius 3 is 1.47 bits per heavy atom. The van der Waals surface area contributed by atoms with Gasteiger partial charge in [-0.2, -0.15) is 0 Å². The highest BCUT2D eigenvalue weighted by molar-refractivity contribution is 9.69. The first-order valence-electron chi connectivity index (χ1n) is 18.8. The predicted molar refractivity (Wildman–Crippen MR) is 275 cm³/mol. The number of phenols is 2. The fourth-order valence-electron chi connectivity index (χ4n) is 6.32. The number of anilines is 2. The highest BCUT2D eigenvalue weighted by atomic mass is 79.9. The molecule has 0 fully saturated rings. The molecule has 0 atom stereocenters. The molecule has 8 rings (SSSR count). The number of amides is 2. The Labute approximate surface area is 404 Å². The van der Waals surface area contributed by atoms with Crippen molar-refractivity contribution < 1.29 is 40.2 Å². The zero-order valence-electron chi connectivity index (χ0n) is 34.2. The van der Waals surface area contributed by atoms with Crippen LogP contribution in [0.5, 0.6) is 23.0 Å². The molecule has 0 aliphatic rings. The molecule has 0 unspecified atom stereocenters. The van der Waals surface area contributed by atoms with Gasteiger partial charge in [0.15, 0.2) is 0 Å². The van der Waals surface area contributed by atoms with Crippen LogP contribution in [0.15, 0.2) is 168 Å². The van der Waals surface area contributed by atoms with Crippen LogP contribution in [0.4, 0.5) is 11.4 Å². The highest BCUT2D eigenvalue weighted by Crippen LogP contribution is 2.36. The number of hydrogen-bond acceptors (Lipinski definition) is 8. The molecular formula is C48H42BBr3N2O8S2. The van der Waals surface area contributed by atoms with Crippen LogP contribution in [0.2, 0.25) is 0 Å². The van der Waals surface area contributed by atoms with Crippen molar-refractivity contribution in [2.24, 2.45) is 0 Å². The lowest BCUT2D eigenvalue weighted by Gasteiger charge is -2.13. The Kier molecular flexibility index (Phi) is 19.9. The summed E-state index contributed by atoms with van der Waals surface area (Å²) in [7, 11) is 3.24. The Balaban J connectivity index is 0.000000252. The average molecular weight is 1090 g/mol. The second-order valence-electron chi connectivity index (χ2n) is 13.1. The number of ether oxygens (including phenoxy) is 2. The van der Waals surface area contributed by atoms with E-state index in [1.54, 1.807) is 61.2 Å². The third-order valence-electron chi connectivity index (χ3n) is 9.19. The first-order chi connectivity index (χ1) is 30.0. The Morgan fingerprint density at radius 1 is 0.531 bits per heavy atom. The Morgan fingerprint density at radius 2 is 1.02 bits per heavy atom. The fraction of sp³-hybridized carbons (Fsp3) is 0.0417. The van der Waals surface area contributed by atoms with E-state index in [1.165, 1.54) is 12.1 Å². The number of rotatable bonds is 10. The summed E-state index contributed by atoms with van der Waals surface area (Å²) in [6.07, 6.45) is 0. The van der Waals surface area contributed by atoms with Gasteiger partial charge in [-0.1, -0.05) is 72.8 Å². The highest BCUT2D eigenvalue weighted by Gasteiger charge is 2.15. The zero-order valence-corrected chi connectivity index (χ0v) is 40.6. The number of phenolic OH excluding ortho intramolecular Hbond substituents is 2. The van der Waals surface area contributed by atoms with Gasteiger partial charge in [-0.15, -0.1) is 69.9 Å². The maximum Gasteiger partial charge on any atom is 0.369 e. The van der Waals surface area contributed by atoms with Crippen molar-refractivity contribution in [2.45, 2.75) is 0 Å². The van der Waals surface area contributed by atoms with Crippen molar-refractivity contribution in [3.05, 3.63) is 180 Å². The number of carbonyl (C=O) groups is 2. The predicted octanol–water partition coefficient (Wildman–Crippen LogP) is 12.6. The molecule has 0 saturated carbocycles. The number of thiophene rings is 2. The lowest BCUT2D eigenvalue weighted by Crippen LogP contribution is -2.12. The van der Waals surface area contributed by atoms with Gasteiger partial charge in [0.05, 0.1) is 14.2 Å². The normalized spacial score (nSPS) is 9.95. The van der Waals surface area contributed by atoms with Gasteiger partial charge in [-0.3, -0.25) is 9.59 Å². The van der Waals surface area contributed by atoms with Gasteiger partial charge in [0.25, 0.3) is 11.8 Å². The molecule has 0 bridgehead atoms. The molecular weight excluding hydrogens is 1050 g/mol. The first kappa shape index (κ1) is 50.9. The van der Waals surface area contributed by atoms with Gasteiger partial charge in [0, 0.05) is 66.6 Å². The molecule has 2 aromatic heterocycles. The van der Waals surface area contributed by atoms with Gasteiger partial charge < -0.3 is 41.3 Å². The Bertz CT molecular complexity index is 2750. The van der Waals surface area contributed by atoms with Crippen LogP contribution in [0, 0.1) is 0 Å². The molecule has 2 amide bonds. The second-order valence-corrected chi connectivity index (χ2v) is 21.5. The van der Waals surface area contributed by atoms with Crippen molar-refractivity contribution in [1.82, 2.24) is 0 Å². The number of para-hydroxylation sites is 2. The number of benzene rings is 6. The summed E-state index contributed by atoms with van der Waals surface area (Å²) in [5.74, 6) is 0.961. The molecule has 0 aliphatic carbocycles. The SMILES string of the molecule is BrB(Br)Br.COc1ccc(-c2cccc(C(=O)Nc3ccccc3-c3cccs3)c2)c(OC)c1.O.O.O=C(Nc1ccccc1-c1cccs1)c1cccc(-c2ccc(O)cc2O)c1. The summed E-state index contributed by atoms with van der Waals surface area (Å²) in [5.41, 5.74) is 7.60. The van der Waals surface area contributed by atoms with Crippen LogP contribution in [0.3, 0.4) is 0 Å². The van der Waals surface area contributed by atoms with Gasteiger partial charge in [0.1, 0.15) is 23.0 Å². The largest absolute Gasteiger partial charge is 0.508 e. The van der Waals surface area contributed by atoms with E-state index in [-0.39, 0.29) is 37.5 Å². The third kappa shape index (κ3) is 13.6. The molecule has 16 heteroatoms. The third-order valence-corrected chi connectivity index (χ3v) is 11.0. The molecule has 8 aromatic rings. The standard InChI is InChI=1S/C25H21NO3S.C23H17NO3S.BBr3.2H2O/c1-28-19-12-13-20(23(16-19)29-2)17-7-5-8-18(15-17)25(27)26-22-10-4-3-9-21(22)24-11-6-14-30-24;25-17-10-11-18(21(26)14-17)15-5-3-6-16(13-15)23(27)24-20-8-2-1-7-19(20)22-9-4-12-28-22;2-1(3)4;;/h3-16H,1-2H3,(H,26,27);1-14,25-26H,(H,24,27);;2*1H2. The monoisotopic (exact) mass is 1090 g/mol. The molecule has 10 nitrogen and oxygen atoms in total.